The zero-order chi connectivity index (χ0) is 25.1. The van der Waals surface area contributed by atoms with Crippen molar-refractivity contribution < 1.29 is 19.5 Å². The Morgan fingerprint density at radius 1 is 0.889 bits per heavy atom. The van der Waals surface area contributed by atoms with Crippen LogP contribution in [0.15, 0.2) is 78.9 Å². The summed E-state index contributed by atoms with van der Waals surface area (Å²) in [5.74, 6) is -0.545. The number of carbonyl (C=O) groups is 3. The molecule has 1 aliphatic heterocycles. The highest BCUT2D eigenvalue weighted by molar-refractivity contribution is 5.97. The fourth-order valence-electron chi connectivity index (χ4n) is 5.75. The van der Waals surface area contributed by atoms with Crippen LogP contribution in [-0.4, -0.2) is 47.2 Å². The van der Waals surface area contributed by atoms with Gasteiger partial charge in [0, 0.05) is 19.1 Å². The zero-order valence-electron chi connectivity index (χ0n) is 20.1. The maximum absolute atomic E-state index is 13.7. The molecule has 2 amide bonds. The molecule has 0 saturated carbocycles. The first-order chi connectivity index (χ1) is 17.5. The number of para-hydroxylation sites is 1. The van der Waals surface area contributed by atoms with E-state index >= 15 is 0 Å². The summed E-state index contributed by atoms with van der Waals surface area (Å²) in [7, 11) is 0. The Labute approximate surface area is 211 Å². The lowest BCUT2D eigenvalue weighted by atomic mass is 9.64. The maximum Gasteiger partial charge on any atom is 0.255 e. The third kappa shape index (κ3) is 4.28. The van der Waals surface area contributed by atoms with Gasteiger partial charge in [0.05, 0.1) is 16.9 Å². The molecule has 1 aliphatic carbocycles. The Bertz CT molecular complexity index is 1270. The van der Waals surface area contributed by atoms with Crippen molar-refractivity contribution in [3.63, 3.8) is 0 Å². The summed E-state index contributed by atoms with van der Waals surface area (Å²) in [6, 6.07) is 24.1. The Kier molecular flexibility index (Phi) is 6.59. The van der Waals surface area contributed by atoms with E-state index in [9.17, 15) is 19.5 Å². The molecule has 0 spiro atoms. The Balaban J connectivity index is 1.29. The number of rotatable bonds is 5. The van der Waals surface area contributed by atoms with Gasteiger partial charge in [0.15, 0.2) is 0 Å². The van der Waals surface area contributed by atoms with Crippen LogP contribution in [0.5, 0.6) is 5.75 Å². The van der Waals surface area contributed by atoms with Crippen molar-refractivity contribution in [1.82, 2.24) is 10.2 Å². The highest BCUT2D eigenvalue weighted by Crippen LogP contribution is 2.46. The van der Waals surface area contributed by atoms with Crippen molar-refractivity contribution in [2.24, 2.45) is 0 Å². The molecular formula is C30H30N2O4. The minimum atomic E-state index is -0.741. The van der Waals surface area contributed by atoms with E-state index < -0.39 is 5.41 Å². The second-order valence-electron chi connectivity index (χ2n) is 9.72. The molecule has 1 saturated heterocycles. The third-order valence-corrected chi connectivity index (χ3v) is 7.72. The second-order valence-corrected chi connectivity index (χ2v) is 9.72. The minimum absolute atomic E-state index is 0.0412. The molecule has 184 valence electrons. The smallest absolute Gasteiger partial charge is 0.255 e. The normalized spacial score (nSPS) is 21.9. The Morgan fingerprint density at radius 2 is 1.56 bits per heavy atom. The fourth-order valence-corrected chi connectivity index (χ4v) is 5.75. The summed E-state index contributed by atoms with van der Waals surface area (Å²) in [4.78, 5) is 40.6. The largest absolute Gasteiger partial charge is 0.507 e. The van der Waals surface area contributed by atoms with Gasteiger partial charge in [-0.1, -0.05) is 66.7 Å². The number of hydrogen-bond donors (Lipinski definition) is 2. The van der Waals surface area contributed by atoms with Gasteiger partial charge in [-0.25, -0.2) is 0 Å². The molecule has 36 heavy (non-hydrogen) atoms. The van der Waals surface area contributed by atoms with E-state index in [-0.39, 0.29) is 35.1 Å². The molecule has 3 aromatic rings. The highest BCUT2D eigenvalue weighted by Gasteiger charge is 2.44. The molecule has 0 radical (unpaired) electrons. The molecule has 1 fully saturated rings. The molecular weight excluding hydrogens is 452 g/mol. The molecule has 0 aromatic heterocycles. The molecule has 6 nitrogen and oxygen atoms in total. The first-order valence-electron chi connectivity index (χ1n) is 12.5. The van der Waals surface area contributed by atoms with Gasteiger partial charge in [-0.05, 0) is 54.5 Å². The summed E-state index contributed by atoms with van der Waals surface area (Å²) in [5, 5.41) is 12.9. The fraction of sp³-hybridized carbons (Fsp3) is 0.300. The molecule has 5 rings (SSSR count). The van der Waals surface area contributed by atoms with E-state index in [1.807, 2.05) is 59.5 Å². The number of piperidine rings is 1. The van der Waals surface area contributed by atoms with Gasteiger partial charge in [0.1, 0.15) is 12.0 Å². The van der Waals surface area contributed by atoms with E-state index in [1.165, 1.54) is 6.07 Å². The number of aldehydes is 1. The van der Waals surface area contributed by atoms with Gasteiger partial charge in [-0.3, -0.25) is 9.59 Å². The van der Waals surface area contributed by atoms with Crippen LogP contribution >= 0.6 is 0 Å². The minimum Gasteiger partial charge on any atom is -0.507 e. The number of hydrogen-bond acceptors (Lipinski definition) is 4. The van der Waals surface area contributed by atoms with Gasteiger partial charge in [-0.2, -0.15) is 0 Å². The quantitative estimate of drug-likeness (QED) is 0.535. The number of nitrogens with zero attached hydrogens (tertiary/aromatic N) is 1. The average Bonchev–Trinajstić information content (AvgIpc) is 2.93. The highest BCUT2D eigenvalue weighted by atomic mass is 16.3. The van der Waals surface area contributed by atoms with Crippen LogP contribution in [0.2, 0.25) is 0 Å². The zero-order valence-corrected chi connectivity index (χ0v) is 20.1. The van der Waals surface area contributed by atoms with Gasteiger partial charge in [0.2, 0.25) is 5.91 Å². The number of nitrogens with one attached hydrogen (secondary N) is 1. The summed E-state index contributed by atoms with van der Waals surface area (Å²) < 4.78 is 0. The van der Waals surface area contributed by atoms with Crippen LogP contribution in [0.1, 0.15) is 58.6 Å². The van der Waals surface area contributed by atoms with Crippen LogP contribution in [0.3, 0.4) is 0 Å². The number of phenols is 1. The molecule has 2 aliphatic rings. The standard InChI is InChI=1S/C30H30N2O4/c33-20-30(21-8-2-1-3-9-21)17-14-24(23-10-4-6-12-26(23)30)29(36)32-18-15-22(16-19-32)31-28(35)25-11-5-7-13-27(25)34/h1-13,20,22,24,34H,14-19H2,(H,31,35)/t24-,30+/m0/s1. The lowest BCUT2D eigenvalue weighted by Gasteiger charge is -2.41. The van der Waals surface area contributed by atoms with Crippen LogP contribution in [0, 0.1) is 0 Å². The monoisotopic (exact) mass is 482 g/mol. The second kappa shape index (κ2) is 9.97. The number of likely N-dealkylation sites (tertiary alicyclic amines) is 1. The van der Waals surface area contributed by atoms with Crippen molar-refractivity contribution in [2.75, 3.05) is 13.1 Å². The SMILES string of the molecule is O=C[C@@]1(c2ccccc2)CC[C@H](C(=O)N2CCC(NC(=O)c3ccccc3O)CC2)c2ccccc21. The summed E-state index contributed by atoms with van der Waals surface area (Å²) in [5.41, 5.74) is 2.32. The Hall–Kier alpha value is -3.93. The predicted octanol–water partition coefficient (Wildman–Crippen LogP) is 4.18. The molecule has 2 atom stereocenters. The number of amides is 2. The maximum atomic E-state index is 13.7. The first kappa shape index (κ1) is 23.8. The molecule has 2 N–H and O–H groups in total. The first-order valence-corrected chi connectivity index (χ1v) is 12.5. The number of aromatic hydroxyl groups is 1. The molecule has 1 heterocycles. The molecule has 0 bridgehead atoms. The van der Waals surface area contributed by atoms with Crippen LogP contribution in [0.4, 0.5) is 0 Å². The van der Waals surface area contributed by atoms with Gasteiger partial charge in [0.25, 0.3) is 5.91 Å². The third-order valence-electron chi connectivity index (χ3n) is 7.72. The van der Waals surface area contributed by atoms with Crippen LogP contribution in [0.25, 0.3) is 0 Å². The lowest BCUT2D eigenvalue weighted by molar-refractivity contribution is -0.134. The number of carbonyl (C=O) groups excluding carboxylic acids is 3. The summed E-state index contributed by atoms with van der Waals surface area (Å²) in [6.45, 7) is 1.11. The summed E-state index contributed by atoms with van der Waals surface area (Å²) in [6.07, 6.45) is 3.54. The molecule has 3 aromatic carbocycles. The summed E-state index contributed by atoms with van der Waals surface area (Å²) >= 11 is 0. The van der Waals surface area contributed by atoms with Crippen molar-refractivity contribution in [1.29, 1.82) is 0 Å². The lowest BCUT2D eigenvalue weighted by Crippen LogP contribution is -2.48. The topological polar surface area (TPSA) is 86.7 Å². The van der Waals surface area contributed by atoms with E-state index in [1.54, 1.807) is 18.2 Å². The van der Waals surface area contributed by atoms with Gasteiger partial charge in [-0.15, -0.1) is 0 Å². The predicted molar refractivity (Wildman–Crippen MR) is 137 cm³/mol. The Morgan fingerprint density at radius 3 is 2.28 bits per heavy atom. The molecule has 0 unspecified atom stereocenters. The van der Waals surface area contributed by atoms with E-state index in [0.717, 1.165) is 23.0 Å². The van der Waals surface area contributed by atoms with E-state index in [0.29, 0.717) is 38.8 Å². The van der Waals surface area contributed by atoms with Crippen LogP contribution in [-0.2, 0) is 15.0 Å². The van der Waals surface area contributed by atoms with Crippen molar-refractivity contribution in [3.05, 3.63) is 101 Å². The van der Waals surface area contributed by atoms with Gasteiger partial charge >= 0.3 is 0 Å². The van der Waals surface area contributed by atoms with Crippen LogP contribution < -0.4 is 5.32 Å². The molecule has 6 heteroatoms. The average molecular weight is 483 g/mol. The van der Waals surface area contributed by atoms with E-state index in [2.05, 4.69) is 5.32 Å². The van der Waals surface area contributed by atoms with Gasteiger partial charge < -0.3 is 20.1 Å². The van der Waals surface area contributed by atoms with Crippen molar-refractivity contribution >= 4 is 18.1 Å². The number of fused-ring (bicyclic) bond motifs is 1. The van der Waals surface area contributed by atoms with Crippen molar-refractivity contribution in [2.45, 2.75) is 43.1 Å². The number of benzene rings is 3. The van der Waals surface area contributed by atoms with Crippen molar-refractivity contribution in [3.8, 4) is 5.75 Å². The number of phenolic OH excluding ortho intramolecular Hbond substituents is 1. The van der Waals surface area contributed by atoms with E-state index in [4.69, 9.17) is 0 Å².